The van der Waals surface area contributed by atoms with Gasteiger partial charge in [0.15, 0.2) is 0 Å². The number of esters is 1. The molecule has 1 aliphatic heterocycles. The van der Waals surface area contributed by atoms with E-state index in [0.717, 1.165) is 30.4 Å². The Labute approximate surface area is 197 Å². The van der Waals surface area contributed by atoms with Gasteiger partial charge in [-0.3, -0.25) is 0 Å². The standard InChI is InChI=1S/C24H24ClNO6S/c1-15-6-8-19-17(12-22(27)32-23(19)16(15)2)14-31-24(28)20-13-18(7-9-21(20)25)33(29,30)26-10-4-3-5-11-26/h6-9,12-13H,3-5,10-11,14H2,1-2H3. The Balaban J connectivity index is 1.61. The number of halogens is 1. The highest BCUT2D eigenvalue weighted by molar-refractivity contribution is 7.89. The molecule has 1 aromatic heterocycles. The summed E-state index contributed by atoms with van der Waals surface area (Å²) in [4.78, 5) is 24.9. The van der Waals surface area contributed by atoms with Crippen LogP contribution < -0.4 is 5.63 Å². The summed E-state index contributed by atoms with van der Waals surface area (Å²) in [6.45, 7) is 4.47. The number of ether oxygens (including phenoxy) is 1. The topological polar surface area (TPSA) is 93.9 Å². The third-order valence-corrected chi connectivity index (χ3v) is 8.21. The summed E-state index contributed by atoms with van der Waals surface area (Å²) in [6, 6.07) is 9.01. The Morgan fingerprint density at radius 1 is 1.09 bits per heavy atom. The number of sulfonamides is 1. The van der Waals surface area contributed by atoms with Gasteiger partial charge in [0.05, 0.1) is 15.5 Å². The van der Waals surface area contributed by atoms with Crippen molar-refractivity contribution in [3.05, 3.63) is 74.1 Å². The second-order valence-electron chi connectivity index (χ2n) is 8.16. The van der Waals surface area contributed by atoms with E-state index in [9.17, 15) is 18.0 Å². The van der Waals surface area contributed by atoms with Crippen LogP contribution in [0.5, 0.6) is 0 Å². The molecule has 1 aliphatic rings. The second-order valence-corrected chi connectivity index (χ2v) is 10.5. The highest BCUT2D eigenvalue weighted by Crippen LogP contribution is 2.27. The Hall–Kier alpha value is -2.68. The van der Waals surface area contributed by atoms with Crippen LogP contribution in [0.15, 0.2) is 50.5 Å². The van der Waals surface area contributed by atoms with Crippen molar-refractivity contribution in [3.63, 3.8) is 0 Å². The predicted octanol–water partition coefficient (Wildman–Crippen LogP) is 4.59. The van der Waals surface area contributed by atoms with Gasteiger partial charge in [0, 0.05) is 30.1 Å². The Morgan fingerprint density at radius 2 is 1.82 bits per heavy atom. The monoisotopic (exact) mass is 489 g/mol. The molecule has 33 heavy (non-hydrogen) atoms. The number of benzene rings is 2. The summed E-state index contributed by atoms with van der Waals surface area (Å²) < 4.78 is 38.2. The fraction of sp³-hybridized carbons (Fsp3) is 0.333. The second kappa shape index (κ2) is 9.29. The highest BCUT2D eigenvalue weighted by Gasteiger charge is 2.27. The summed E-state index contributed by atoms with van der Waals surface area (Å²) in [5, 5.41) is 0.750. The van der Waals surface area contributed by atoms with Crippen molar-refractivity contribution in [1.82, 2.24) is 4.31 Å². The zero-order valence-electron chi connectivity index (χ0n) is 18.4. The Kier molecular flexibility index (Phi) is 6.61. The maximum atomic E-state index is 13.0. The maximum Gasteiger partial charge on any atom is 0.340 e. The molecule has 3 aromatic rings. The van der Waals surface area contributed by atoms with Crippen LogP contribution >= 0.6 is 11.6 Å². The van der Waals surface area contributed by atoms with Gasteiger partial charge in [-0.25, -0.2) is 18.0 Å². The van der Waals surface area contributed by atoms with E-state index < -0.39 is 21.6 Å². The minimum Gasteiger partial charge on any atom is -0.457 e. The molecule has 2 heterocycles. The van der Waals surface area contributed by atoms with Crippen molar-refractivity contribution in [1.29, 1.82) is 0 Å². The van der Waals surface area contributed by atoms with Crippen molar-refractivity contribution in [2.24, 2.45) is 0 Å². The largest absolute Gasteiger partial charge is 0.457 e. The number of fused-ring (bicyclic) bond motifs is 1. The molecule has 0 aliphatic carbocycles. The first-order chi connectivity index (χ1) is 15.7. The van der Waals surface area contributed by atoms with Gasteiger partial charge < -0.3 is 9.15 Å². The van der Waals surface area contributed by atoms with E-state index in [1.165, 1.54) is 28.6 Å². The molecule has 0 radical (unpaired) electrons. The average Bonchev–Trinajstić information content (AvgIpc) is 2.80. The highest BCUT2D eigenvalue weighted by atomic mass is 35.5. The number of rotatable bonds is 5. The van der Waals surface area contributed by atoms with Crippen molar-refractivity contribution >= 4 is 38.6 Å². The minimum atomic E-state index is -3.73. The molecular formula is C24H24ClNO6S. The van der Waals surface area contributed by atoms with Crippen molar-refractivity contribution in [2.45, 2.75) is 44.6 Å². The lowest BCUT2D eigenvalue weighted by molar-refractivity contribution is 0.0473. The van der Waals surface area contributed by atoms with Crippen LogP contribution in [0.3, 0.4) is 0 Å². The number of nitrogens with zero attached hydrogens (tertiary/aromatic N) is 1. The van der Waals surface area contributed by atoms with Crippen LogP contribution in [0.2, 0.25) is 5.02 Å². The van der Waals surface area contributed by atoms with Gasteiger partial charge in [-0.15, -0.1) is 0 Å². The molecule has 0 bridgehead atoms. The van der Waals surface area contributed by atoms with Gasteiger partial charge in [0.2, 0.25) is 10.0 Å². The lowest BCUT2D eigenvalue weighted by atomic mass is 10.0. The minimum absolute atomic E-state index is 0.00217. The number of carbonyl (C=O) groups excluding carboxylic acids is 1. The van der Waals surface area contributed by atoms with E-state index >= 15 is 0 Å². The molecule has 0 unspecified atom stereocenters. The van der Waals surface area contributed by atoms with Gasteiger partial charge in [0.1, 0.15) is 12.2 Å². The first kappa shape index (κ1) is 23.5. The van der Waals surface area contributed by atoms with Crippen molar-refractivity contribution < 1.29 is 22.4 Å². The third kappa shape index (κ3) is 4.69. The third-order valence-electron chi connectivity index (χ3n) is 5.99. The lowest BCUT2D eigenvalue weighted by Gasteiger charge is -2.26. The molecule has 1 fully saturated rings. The van der Waals surface area contributed by atoms with Gasteiger partial charge >= 0.3 is 11.6 Å². The molecule has 0 saturated carbocycles. The van der Waals surface area contributed by atoms with Gasteiger partial charge in [-0.05, 0) is 56.0 Å². The average molecular weight is 490 g/mol. The molecular weight excluding hydrogens is 466 g/mol. The molecule has 0 atom stereocenters. The molecule has 7 nitrogen and oxygen atoms in total. The summed E-state index contributed by atoms with van der Waals surface area (Å²) in [6.07, 6.45) is 2.61. The van der Waals surface area contributed by atoms with Crippen LogP contribution in [0.4, 0.5) is 0 Å². The number of aryl methyl sites for hydroxylation is 2. The smallest absolute Gasteiger partial charge is 0.340 e. The fourth-order valence-electron chi connectivity index (χ4n) is 3.94. The van der Waals surface area contributed by atoms with E-state index in [1.54, 1.807) is 0 Å². The number of hydrogen-bond donors (Lipinski definition) is 0. The summed E-state index contributed by atoms with van der Waals surface area (Å²) in [5.41, 5.74) is 2.14. The lowest BCUT2D eigenvalue weighted by Crippen LogP contribution is -2.35. The molecule has 0 N–H and O–H groups in total. The van der Waals surface area contributed by atoms with E-state index in [2.05, 4.69) is 0 Å². The van der Waals surface area contributed by atoms with E-state index in [0.29, 0.717) is 29.6 Å². The molecule has 4 rings (SSSR count). The Bertz CT molecular complexity index is 1390. The van der Waals surface area contributed by atoms with Gasteiger partial charge in [-0.2, -0.15) is 4.31 Å². The van der Waals surface area contributed by atoms with E-state index in [-0.39, 0.29) is 22.1 Å². The van der Waals surface area contributed by atoms with E-state index in [1.807, 2.05) is 26.0 Å². The zero-order valence-corrected chi connectivity index (χ0v) is 20.0. The van der Waals surface area contributed by atoms with Crippen LogP contribution in [0, 0.1) is 13.8 Å². The van der Waals surface area contributed by atoms with Crippen molar-refractivity contribution in [3.8, 4) is 0 Å². The van der Waals surface area contributed by atoms with Crippen LogP contribution in [-0.2, 0) is 21.4 Å². The number of hydrogen-bond acceptors (Lipinski definition) is 6. The van der Waals surface area contributed by atoms with Crippen LogP contribution in [-0.4, -0.2) is 31.8 Å². The zero-order chi connectivity index (χ0) is 23.8. The SMILES string of the molecule is Cc1ccc2c(COC(=O)c3cc(S(=O)(=O)N4CCCCC4)ccc3Cl)cc(=O)oc2c1C. The predicted molar refractivity (Wildman–Crippen MR) is 125 cm³/mol. The molecule has 1 saturated heterocycles. The number of carbonyl (C=O) groups is 1. The van der Waals surface area contributed by atoms with Gasteiger partial charge in [-0.1, -0.05) is 30.2 Å². The maximum absolute atomic E-state index is 13.0. The van der Waals surface area contributed by atoms with E-state index in [4.69, 9.17) is 20.8 Å². The van der Waals surface area contributed by atoms with Gasteiger partial charge in [0.25, 0.3) is 0 Å². The van der Waals surface area contributed by atoms with Crippen LogP contribution in [0.25, 0.3) is 11.0 Å². The number of piperidine rings is 1. The first-order valence-corrected chi connectivity index (χ1v) is 12.5. The van der Waals surface area contributed by atoms with Crippen molar-refractivity contribution in [2.75, 3.05) is 13.1 Å². The quantitative estimate of drug-likeness (QED) is 0.384. The molecule has 0 amide bonds. The van der Waals surface area contributed by atoms with Crippen LogP contribution in [0.1, 0.15) is 46.3 Å². The Morgan fingerprint density at radius 3 is 2.55 bits per heavy atom. The molecule has 2 aromatic carbocycles. The normalized spacial score (nSPS) is 15.0. The molecule has 174 valence electrons. The first-order valence-electron chi connectivity index (χ1n) is 10.7. The summed E-state index contributed by atoms with van der Waals surface area (Å²) in [5.74, 6) is -0.777. The summed E-state index contributed by atoms with van der Waals surface area (Å²) >= 11 is 6.19. The summed E-state index contributed by atoms with van der Waals surface area (Å²) in [7, 11) is -3.73. The molecule has 0 spiro atoms. The molecule has 9 heteroatoms. The fourth-order valence-corrected chi connectivity index (χ4v) is 5.68.